The summed E-state index contributed by atoms with van der Waals surface area (Å²) in [5, 5.41) is 13.1. The van der Waals surface area contributed by atoms with Gasteiger partial charge in [0.15, 0.2) is 26.1 Å². The lowest BCUT2D eigenvalue weighted by Gasteiger charge is -2.24. The zero-order valence-electron chi connectivity index (χ0n) is 15.0. The van der Waals surface area contributed by atoms with Crippen LogP contribution in [-0.4, -0.2) is 53.5 Å². The molecule has 0 fully saturated rings. The normalized spacial score (nSPS) is 15.8. The molecule has 3 rings (SSSR count). The molecule has 0 aliphatic carbocycles. The first-order valence-corrected chi connectivity index (χ1v) is 10.2. The Morgan fingerprint density at radius 2 is 2.00 bits per heavy atom. The quantitative estimate of drug-likeness (QED) is 0.553. The van der Waals surface area contributed by atoms with Crippen LogP contribution < -0.4 is 15.0 Å². The van der Waals surface area contributed by atoms with E-state index in [9.17, 15) is 13.2 Å². The molecular weight excluding hydrogens is 374 g/mol. The summed E-state index contributed by atoms with van der Waals surface area (Å²) in [6.07, 6.45) is 4.33. The number of fused-ring (bicyclic) bond motifs is 1. The maximum Gasteiger partial charge on any atom is 0.264 e. The van der Waals surface area contributed by atoms with Crippen LogP contribution in [-0.2, 0) is 21.2 Å². The second-order valence-electron chi connectivity index (χ2n) is 6.54. The summed E-state index contributed by atoms with van der Waals surface area (Å²) in [7, 11) is -3.75. The number of hydroxylamine groups is 1. The number of hydrogen-bond donors (Lipinski definition) is 2. The number of ether oxygens (including phenoxy) is 2. The Bertz CT molecular complexity index is 955. The minimum Gasteiger partial charge on any atom is -0.486 e. The highest BCUT2D eigenvalue weighted by molar-refractivity contribution is 7.92. The third kappa shape index (κ3) is 3.76. The van der Waals surface area contributed by atoms with Crippen LogP contribution in [0.1, 0.15) is 13.3 Å². The molecule has 2 aromatic rings. The van der Waals surface area contributed by atoms with Crippen molar-refractivity contribution >= 4 is 15.7 Å². The van der Waals surface area contributed by atoms with Gasteiger partial charge in [-0.05, 0) is 31.0 Å². The molecule has 27 heavy (non-hydrogen) atoms. The molecule has 1 aliphatic rings. The molecule has 1 atom stereocenters. The molecule has 0 bridgehead atoms. The van der Waals surface area contributed by atoms with E-state index >= 15 is 0 Å². The van der Waals surface area contributed by atoms with Gasteiger partial charge in [0.05, 0.1) is 6.20 Å². The van der Waals surface area contributed by atoms with Crippen molar-refractivity contribution < 1.29 is 27.9 Å². The molecule has 1 aromatic carbocycles. The highest BCUT2D eigenvalue weighted by atomic mass is 32.2. The SMILES string of the molecule is CC(CCn1cc(-c2ccc3c(c2)OCCO3)cn1)(C(=O)NO)S(C)(=O)=O. The minimum atomic E-state index is -3.75. The number of sulfone groups is 1. The number of carbonyl (C=O) groups excluding carboxylic acids is 1. The van der Waals surface area contributed by atoms with E-state index in [0.717, 1.165) is 17.4 Å². The summed E-state index contributed by atoms with van der Waals surface area (Å²) in [5.74, 6) is 0.385. The lowest BCUT2D eigenvalue weighted by atomic mass is 10.1. The van der Waals surface area contributed by atoms with Gasteiger partial charge in [-0.25, -0.2) is 13.9 Å². The number of hydrogen-bond acceptors (Lipinski definition) is 7. The Labute approximate surface area is 156 Å². The number of rotatable bonds is 6. The van der Waals surface area contributed by atoms with Gasteiger partial charge in [-0.1, -0.05) is 6.07 Å². The number of amides is 1. The Hall–Kier alpha value is -2.59. The third-order valence-corrected chi connectivity index (χ3v) is 6.75. The van der Waals surface area contributed by atoms with Crippen LogP contribution in [0.25, 0.3) is 11.1 Å². The van der Waals surface area contributed by atoms with Gasteiger partial charge in [-0.15, -0.1) is 0 Å². The summed E-state index contributed by atoms with van der Waals surface area (Å²) >= 11 is 0. The Kier molecular flexibility index (Phi) is 5.11. The molecule has 0 saturated heterocycles. The highest BCUT2D eigenvalue weighted by Gasteiger charge is 2.43. The van der Waals surface area contributed by atoms with Crippen molar-refractivity contribution in [2.75, 3.05) is 19.5 Å². The molecular formula is C17H21N3O6S. The smallest absolute Gasteiger partial charge is 0.264 e. The van der Waals surface area contributed by atoms with Crippen molar-refractivity contribution in [3.8, 4) is 22.6 Å². The van der Waals surface area contributed by atoms with Crippen molar-refractivity contribution in [3.05, 3.63) is 30.6 Å². The van der Waals surface area contributed by atoms with Crippen LogP contribution in [0.15, 0.2) is 30.6 Å². The molecule has 2 N–H and O–H groups in total. The topological polar surface area (TPSA) is 120 Å². The van der Waals surface area contributed by atoms with E-state index in [1.165, 1.54) is 12.4 Å². The summed E-state index contributed by atoms with van der Waals surface area (Å²) < 4.78 is 34.9. The van der Waals surface area contributed by atoms with E-state index in [1.807, 2.05) is 18.2 Å². The monoisotopic (exact) mass is 395 g/mol. The molecule has 9 nitrogen and oxygen atoms in total. The number of carbonyl (C=O) groups is 1. The molecule has 0 spiro atoms. The predicted octanol–water partition coefficient (Wildman–Crippen LogP) is 1.02. The number of benzene rings is 1. The lowest BCUT2D eigenvalue weighted by molar-refractivity contribution is -0.131. The fourth-order valence-corrected chi connectivity index (χ4v) is 3.62. The van der Waals surface area contributed by atoms with Gasteiger partial charge < -0.3 is 9.47 Å². The van der Waals surface area contributed by atoms with E-state index in [4.69, 9.17) is 14.7 Å². The number of nitrogens with zero attached hydrogens (tertiary/aromatic N) is 2. The number of aromatic nitrogens is 2. The molecule has 146 valence electrons. The summed E-state index contributed by atoms with van der Waals surface area (Å²) in [6.45, 7) is 2.47. The maximum atomic E-state index is 12.0. The fourth-order valence-electron chi connectivity index (χ4n) is 2.77. The van der Waals surface area contributed by atoms with E-state index in [-0.39, 0.29) is 13.0 Å². The molecule has 2 heterocycles. The fraction of sp³-hybridized carbons (Fsp3) is 0.412. The van der Waals surface area contributed by atoms with Crippen LogP contribution in [0.4, 0.5) is 0 Å². The minimum absolute atomic E-state index is 0.0412. The molecule has 1 aromatic heterocycles. The van der Waals surface area contributed by atoms with Gasteiger partial charge in [0, 0.05) is 24.6 Å². The van der Waals surface area contributed by atoms with Gasteiger partial charge in [0.2, 0.25) is 0 Å². The van der Waals surface area contributed by atoms with E-state index in [2.05, 4.69) is 5.10 Å². The predicted molar refractivity (Wildman–Crippen MR) is 96.4 cm³/mol. The van der Waals surface area contributed by atoms with E-state index in [0.29, 0.717) is 24.7 Å². The summed E-state index contributed by atoms with van der Waals surface area (Å²) in [4.78, 5) is 11.9. The van der Waals surface area contributed by atoms with Crippen molar-refractivity contribution in [2.45, 2.75) is 24.6 Å². The van der Waals surface area contributed by atoms with Gasteiger partial charge >= 0.3 is 0 Å². The Morgan fingerprint density at radius 1 is 1.30 bits per heavy atom. The molecule has 1 amide bonds. The number of aryl methyl sites for hydroxylation is 1. The maximum absolute atomic E-state index is 12.0. The van der Waals surface area contributed by atoms with Crippen molar-refractivity contribution in [2.24, 2.45) is 0 Å². The van der Waals surface area contributed by atoms with Crippen LogP contribution in [0.3, 0.4) is 0 Å². The van der Waals surface area contributed by atoms with Gasteiger partial charge in [0.25, 0.3) is 5.91 Å². The first kappa shape index (κ1) is 19.2. The van der Waals surface area contributed by atoms with Crippen LogP contribution in [0.2, 0.25) is 0 Å². The van der Waals surface area contributed by atoms with Crippen LogP contribution in [0.5, 0.6) is 11.5 Å². The average molecular weight is 395 g/mol. The summed E-state index contributed by atoms with van der Waals surface area (Å²) in [6, 6.07) is 5.57. The third-order valence-electron chi connectivity index (χ3n) is 4.73. The zero-order chi connectivity index (χ0) is 19.7. The second-order valence-corrected chi connectivity index (χ2v) is 8.99. The van der Waals surface area contributed by atoms with Gasteiger partial charge in [-0.2, -0.15) is 5.10 Å². The molecule has 0 radical (unpaired) electrons. The van der Waals surface area contributed by atoms with Crippen molar-refractivity contribution in [1.82, 2.24) is 15.3 Å². The first-order chi connectivity index (χ1) is 12.7. The van der Waals surface area contributed by atoms with Crippen molar-refractivity contribution in [3.63, 3.8) is 0 Å². The standard InChI is InChI=1S/C17H21N3O6S/c1-17(16(21)19-22,27(2,23)24)5-6-20-11-13(10-18-20)12-3-4-14-15(9-12)26-8-7-25-14/h3-4,9-11,22H,5-8H2,1-2H3,(H,19,21). The van der Waals surface area contributed by atoms with Gasteiger partial charge in [0.1, 0.15) is 13.2 Å². The lowest BCUT2D eigenvalue weighted by Crippen LogP contribution is -2.49. The highest BCUT2D eigenvalue weighted by Crippen LogP contribution is 2.34. The molecule has 0 saturated carbocycles. The largest absolute Gasteiger partial charge is 0.486 e. The van der Waals surface area contributed by atoms with E-state index in [1.54, 1.807) is 17.1 Å². The average Bonchev–Trinajstić information content (AvgIpc) is 3.13. The Morgan fingerprint density at radius 3 is 2.67 bits per heavy atom. The molecule has 10 heteroatoms. The number of nitrogens with one attached hydrogen (secondary N) is 1. The van der Waals surface area contributed by atoms with Crippen LogP contribution in [0, 0.1) is 0 Å². The van der Waals surface area contributed by atoms with Gasteiger partial charge in [-0.3, -0.25) is 14.7 Å². The zero-order valence-corrected chi connectivity index (χ0v) is 15.8. The molecule has 1 unspecified atom stereocenters. The second kappa shape index (κ2) is 7.20. The Balaban J connectivity index is 1.77. The van der Waals surface area contributed by atoms with Crippen molar-refractivity contribution in [1.29, 1.82) is 0 Å². The van der Waals surface area contributed by atoms with Crippen LogP contribution >= 0.6 is 0 Å². The molecule has 1 aliphatic heterocycles. The first-order valence-electron chi connectivity index (χ1n) is 8.31. The van der Waals surface area contributed by atoms with E-state index < -0.39 is 20.5 Å². The summed E-state index contributed by atoms with van der Waals surface area (Å²) in [5.41, 5.74) is 3.13.